The molecule has 1 aliphatic rings. The first kappa shape index (κ1) is 24.6. The smallest absolute Gasteiger partial charge is 0.252 e. The highest BCUT2D eigenvalue weighted by atomic mass is 127. The second-order valence-corrected chi connectivity index (χ2v) is 10.8. The Bertz CT molecular complexity index is 704. The molecular weight excluding hydrogens is 495 g/mol. The number of thiophene rings is 1. The van der Waals surface area contributed by atoms with E-state index in [-0.39, 0.29) is 24.0 Å². The van der Waals surface area contributed by atoms with E-state index in [1.807, 2.05) is 6.07 Å². The van der Waals surface area contributed by atoms with Crippen LogP contribution in [0.25, 0.3) is 0 Å². The summed E-state index contributed by atoms with van der Waals surface area (Å²) in [5, 5.41) is 6.64. The van der Waals surface area contributed by atoms with Crippen LogP contribution in [-0.2, 0) is 16.6 Å². The largest absolute Gasteiger partial charge is 0.356 e. The molecule has 2 N–H and O–H groups in total. The van der Waals surface area contributed by atoms with Crippen LogP contribution in [-0.4, -0.2) is 46.4 Å². The fourth-order valence-electron chi connectivity index (χ4n) is 3.38. The normalized spacial score (nSPS) is 21.0. The number of rotatable bonds is 7. The van der Waals surface area contributed by atoms with Crippen molar-refractivity contribution in [3.05, 3.63) is 17.0 Å². The lowest BCUT2D eigenvalue weighted by Crippen LogP contribution is -2.37. The van der Waals surface area contributed by atoms with E-state index in [9.17, 15) is 8.42 Å². The number of hydrogen-bond acceptors (Lipinski definition) is 4. The van der Waals surface area contributed by atoms with Gasteiger partial charge in [-0.1, -0.05) is 26.2 Å². The van der Waals surface area contributed by atoms with E-state index >= 15 is 0 Å². The van der Waals surface area contributed by atoms with Gasteiger partial charge in [-0.05, 0) is 36.8 Å². The van der Waals surface area contributed by atoms with E-state index in [4.69, 9.17) is 0 Å². The molecule has 2 atom stereocenters. The van der Waals surface area contributed by atoms with Crippen molar-refractivity contribution >= 4 is 51.3 Å². The summed E-state index contributed by atoms with van der Waals surface area (Å²) in [7, 11) is 1.50. The Kier molecular flexibility index (Phi) is 10.6. The molecule has 0 spiro atoms. The molecular formula is C18H33IN4O2S2. The monoisotopic (exact) mass is 528 g/mol. The third kappa shape index (κ3) is 7.51. The molecule has 0 radical (unpaired) electrons. The standard InChI is InChI=1S/C18H32N4O2S2.HI/c1-14-6-5-7-15(12-14)10-11-20-18(19-2)21-13-16-8-9-17(25-16)26(23,24)22(3)4;/h8-9,14-15H,5-7,10-13H2,1-4H3,(H2,19,20,21);1H. The maximum Gasteiger partial charge on any atom is 0.252 e. The highest BCUT2D eigenvalue weighted by Gasteiger charge is 2.20. The number of halogens is 1. The highest BCUT2D eigenvalue weighted by Crippen LogP contribution is 2.30. The number of guanidine groups is 1. The number of sulfonamides is 1. The van der Waals surface area contributed by atoms with Gasteiger partial charge in [0.2, 0.25) is 0 Å². The first-order chi connectivity index (χ1) is 12.3. The zero-order chi connectivity index (χ0) is 19.2. The minimum absolute atomic E-state index is 0. The SMILES string of the molecule is CN=C(NCCC1CCCC(C)C1)NCc1ccc(S(=O)(=O)N(C)C)s1.I. The molecule has 6 nitrogen and oxygen atoms in total. The quantitative estimate of drug-likeness (QED) is 0.323. The topological polar surface area (TPSA) is 73.8 Å². The zero-order valence-electron chi connectivity index (χ0n) is 16.7. The van der Waals surface area contributed by atoms with E-state index in [0.717, 1.165) is 29.2 Å². The van der Waals surface area contributed by atoms with Gasteiger partial charge in [-0.3, -0.25) is 4.99 Å². The van der Waals surface area contributed by atoms with Gasteiger partial charge in [-0.25, -0.2) is 12.7 Å². The van der Waals surface area contributed by atoms with Crippen LogP contribution in [0.4, 0.5) is 0 Å². The highest BCUT2D eigenvalue weighted by molar-refractivity contribution is 14.0. The summed E-state index contributed by atoms with van der Waals surface area (Å²) >= 11 is 1.29. The van der Waals surface area contributed by atoms with E-state index in [2.05, 4.69) is 22.5 Å². The van der Waals surface area contributed by atoms with Gasteiger partial charge in [0.1, 0.15) is 4.21 Å². The fourth-order valence-corrected chi connectivity index (χ4v) is 5.84. The van der Waals surface area contributed by atoms with Crippen LogP contribution in [0.3, 0.4) is 0 Å². The molecule has 1 aromatic rings. The van der Waals surface area contributed by atoms with E-state index in [0.29, 0.717) is 10.8 Å². The molecule has 27 heavy (non-hydrogen) atoms. The molecule has 9 heteroatoms. The zero-order valence-corrected chi connectivity index (χ0v) is 20.7. The molecule has 0 saturated heterocycles. The minimum atomic E-state index is -3.35. The van der Waals surface area contributed by atoms with Gasteiger partial charge < -0.3 is 10.6 Å². The Hall–Kier alpha value is -0.390. The van der Waals surface area contributed by atoms with Crippen molar-refractivity contribution < 1.29 is 8.42 Å². The van der Waals surface area contributed by atoms with Gasteiger partial charge in [0.05, 0.1) is 6.54 Å². The first-order valence-electron chi connectivity index (χ1n) is 9.28. The van der Waals surface area contributed by atoms with Gasteiger partial charge in [0.15, 0.2) is 5.96 Å². The lowest BCUT2D eigenvalue weighted by atomic mass is 9.81. The molecule has 1 saturated carbocycles. The molecule has 2 rings (SSSR count). The van der Waals surface area contributed by atoms with Crippen LogP contribution < -0.4 is 10.6 Å². The summed E-state index contributed by atoms with van der Waals surface area (Å²) in [6.45, 7) is 3.83. The molecule has 0 amide bonds. The van der Waals surface area contributed by atoms with Crippen LogP contribution in [0.5, 0.6) is 0 Å². The molecule has 1 heterocycles. The first-order valence-corrected chi connectivity index (χ1v) is 11.5. The predicted octanol–water partition coefficient (Wildman–Crippen LogP) is 3.50. The summed E-state index contributed by atoms with van der Waals surface area (Å²) in [5.41, 5.74) is 0. The molecule has 0 bridgehead atoms. The van der Waals surface area contributed by atoms with E-state index in [1.54, 1.807) is 27.2 Å². The lowest BCUT2D eigenvalue weighted by molar-refractivity contribution is 0.270. The molecule has 0 aliphatic heterocycles. The van der Waals surface area contributed by atoms with Gasteiger partial charge in [-0.2, -0.15) is 0 Å². The van der Waals surface area contributed by atoms with Crippen molar-refractivity contribution in [2.45, 2.75) is 49.8 Å². The second-order valence-electron chi connectivity index (χ2n) is 7.29. The van der Waals surface area contributed by atoms with Gasteiger partial charge in [-0.15, -0.1) is 35.3 Å². The van der Waals surface area contributed by atoms with Crippen LogP contribution >= 0.6 is 35.3 Å². The Morgan fingerprint density at radius 3 is 2.67 bits per heavy atom. The molecule has 0 aromatic carbocycles. The van der Waals surface area contributed by atoms with Crippen LogP contribution in [0, 0.1) is 11.8 Å². The van der Waals surface area contributed by atoms with Crippen LogP contribution in [0.1, 0.15) is 43.9 Å². The average Bonchev–Trinajstić information content (AvgIpc) is 3.07. The number of hydrogen-bond donors (Lipinski definition) is 2. The Balaban J connectivity index is 0.00000364. The van der Waals surface area contributed by atoms with Crippen molar-refractivity contribution in [1.29, 1.82) is 0 Å². The second kappa shape index (κ2) is 11.6. The Labute approximate surface area is 185 Å². The molecule has 156 valence electrons. The van der Waals surface area contributed by atoms with Crippen LogP contribution in [0.15, 0.2) is 21.3 Å². The minimum Gasteiger partial charge on any atom is -0.356 e. The number of aliphatic imine (C=N–C) groups is 1. The van der Waals surface area contributed by atoms with Crippen LogP contribution in [0.2, 0.25) is 0 Å². The van der Waals surface area contributed by atoms with Gasteiger partial charge in [0.25, 0.3) is 10.0 Å². The number of nitrogens with one attached hydrogen (secondary N) is 2. The Morgan fingerprint density at radius 1 is 1.30 bits per heavy atom. The van der Waals surface area contributed by atoms with Crippen molar-refractivity contribution in [3.63, 3.8) is 0 Å². The maximum atomic E-state index is 12.1. The maximum absolute atomic E-state index is 12.1. The fraction of sp³-hybridized carbons (Fsp3) is 0.722. The number of nitrogens with zero attached hydrogens (tertiary/aromatic N) is 2. The van der Waals surface area contributed by atoms with Crippen molar-refractivity contribution in [1.82, 2.24) is 14.9 Å². The Morgan fingerprint density at radius 2 is 2.04 bits per heavy atom. The van der Waals surface area contributed by atoms with E-state index < -0.39 is 10.0 Å². The van der Waals surface area contributed by atoms with Gasteiger partial charge >= 0.3 is 0 Å². The van der Waals surface area contributed by atoms with Crippen molar-refractivity contribution in [2.75, 3.05) is 27.7 Å². The summed E-state index contributed by atoms with van der Waals surface area (Å²) in [6.07, 6.45) is 6.59. The summed E-state index contributed by atoms with van der Waals surface area (Å²) in [5.74, 6) is 2.44. The predicted molar refractivity (Wildman–Crippen MR) is 125 cm³/mol. The molecule has 1 fully saturated rings. The van der Waals surface area contributed by atoms with Crippen molar-refractivity contribution in [3.8, 4) is 0 Å². The lowest BCUT2D eigenvalue weighted by Gasteiger charge is -2.26. The molecule has 2 unspecified atom stereocenters. The van der Waals surface area contributed by atoms with E-state index in [1.165, 1.54) is 47.7 Å². The molecule has 1 aromatic heterocycles. The third-order valence-corrected chi connectivity index (χ3v) is 8.28. The molecule has 1 aliphatic carbocycles. The van der Waals surface area contributed by atoms with Crippen molar-refractivity contribution in [2.24, 2.45) is 16.8 Å². The third-order valence-electron chi connectivity index (χ3n) is 4.92. The average molecular weight is 529 g/mol. The summed E-state index contributed by atoms with van der Waals surface area (Å²) in [6, 6.07) is 3.52. The summed E-state index contributed by atoms with van der Waals surface area (Å²) in [4.78, 5) is 5.22. The summed E-state index contributed by atoms with van der Waals surface area (Å²) < 4.78 is 25.9. The van der Waals surface area contributed by atoms with Gasteiger partial charge in [0, 0.05) is 32.6 Å².